The smallest absolute Gasteiger partial charge is 0.0593 e. The number of anilines is 1. The fraction of sp³-hybridized carbons (Fsp3) is 0.0769. The first-order chi connectivity index (χ1) is 8.58. The third-order valence-electron chi connectivity index (χ3n) is 2.43. The van der Waals surface area contributed by atoms with Crippen molar-refractivity contribution in [3.8, 4) is 0 Å². The zero-order valence-corrected chi connectivity index (χ0v) is 13.9. The van der Waals surface area contributed by atoms with Gasteiger partial charge in [-0.3, -0.25) is 0 Å². The standard InChI is InChI=1S/C13H9Br2Cl2N/c14-10-5-4-9(16)6-8(10)7-18-12-3-1-2-11(17)13(12)15/h1-6,18H,7H2. The number of hydrogen-bond donors (Lipinski definition) is 1. The third kappa shape index (κ3) is 3.41. The lowest BCUT2D eigenvalue weighted by Gasteiger charge is -2.11. The molecule has 0 unspecified atom stereocenters. The molecule has 2 aromatic rings. The lowest BCUT2D eigenvalue weighted by molar-refractivity contribution is 1.13. The van der Waals surface area contributed by atoms with Crippen LogP contribution in [0.2, 0.25) is 10.0 Å². The van der Waals surface area contributed by atoms with Crippen molar-refractivity contribution >= 4 is 60.7 Å². The highest BCUT2D eigenvalue weighted by atomic mass is 79.9. The van der Waals surface area contributed by atoms with Gasteiger partial charge in [-0.05, 0) is 51.8 Å². The molecular formula is C13H9Br2Cl2N. The van der Waals surface area contributed by atoms with Crippen molar-refractivity contribution in [1.82, 2.24) is 0 Å². The fourth-order valence-electron chi connectivity index (χ4n) is 1.51. The molecule has 18 heavy (non-hydrogen) atoms. The molecule has 0 atom stereocenters. The third-order valence-corrected chi connectivity index (χ3v) is 4.83. The molecule has 0 aromatic heterocycles. The van der Waals surface area contributed by atoms with Crippen LogP contribution in [-0.4, -0.2) is 0 Å². The number of rotatable bonds is 3. The highest BCUT2D eigenvalue weighted by Gasteiger charge is 2.05. The minimum atomic E-state index is 0.667. The Morgan fingerprint density at radius 2 is 1.83 bits per heavy atom. The predicted molar refractivity (Wildman–Crippen MR) is 85.6 cm³/mol. The number of hydrogen-bond acceptors (Lipinski definition) is 1. The molecule has 1 N–H and O–H groups in total. The van der Waals surface area contributed by atoms with E-state index in [2.05, 4.69) is 37.2 Å². The van der Waals surface area contributed by atoms with Crippen molar-refractivity contribution in [1.29, 1.82) is 0 Å². The van der Waals surface area contributed by atoms with Gasteiger partial charge in [0, 0.05) is 16.0 Å². The highest BCUT2D eigenvalue weighted by molar-refractivity contribution is 9.11. The van der Waals surface area contributed by atoms with Crippen LogP contribution in [0, 0.1) is 0 Å². The molecule has 0 spiro atoms. The van der Waals surface area contributed by atoms with Crippen LogP contribution in [0.5, 0.6) is 0 Å². The molecular weight excluding hydrogens is 401 g/mol. The maximum atomic E-state index is 6.03. The van der Waals surface area contributed by atoms with E-state index in [0.717, 1.165) is 25.2 Å². The van der Waals surface area contributed by atoms with Crippen molar-refractivity contribution in [2.24, 2.45) is 0 Å². The molecule has 0 radical (unpaired) electrons. The van der Waals surface area contributed by atoms with Crippen molar-refractivity contribution in [3.63, 3.8) is 0 Å². The van der Waals surface area contributed by atoms with Crippen LogP contribution < -0.4 is 5.32 Å². The summed E-state index contributed by atoms with van der Waals surface area (Å²) in [5.74, 6) is 0. The summed E-state index contributed by atoms with van der Waals surface area (Å²) in [5.41, 5.74) is 2.05. The summed E-state index contributed by atoms with van der Waals surface area (Å²) >= 11 is 19.0. The Labute approximate surface area is 133 Å². The second-order valence-corrected chi connectivity index (χ2v) is 6.18. The molecule has 0 bridgehead atoms. The minimum absolute atomic E-state index is 0.667. The predicted octanol–water partition coefficient (Wildman–Crippen LogP) is 6.13. The van der Waals surface area contributed by atoms with E-state index in [1.165, 1.54) is 0 Å². The Bertz CT molecular complexity index is 571. The van der Waals surface area contributed by atoms with Gasteiger partial charge in [-0.2, -0.15) is 0 Å². The van der Waals surface area contributed by atoms with E-state index < -0.39 is 0 Å². The Balaban J connectivity index is 2.16. The average molecular weight is 410 g/mol. The van der Waals surface area contributed by atoms with Gasteiger partial charge in [0.2, 0.25) is 0 Å². The molecule has 0 heterocycles. The van der Waals surface area contributed by atoms with Crippen LogP contribution in [-0.2, 0) is 6.54 Å². The molecule has 0 aliphatic carbocycles. The first-order valence-electron chi connectivity index (χ1n) is 5.20. The van der Waals surface area contributed by atoms with Crippen molar-refractivity contribution in [3.05, 3.63) is 61.0 Å². The molecule has 0 aliphatic rings. The molecule has 5 heteroatoms. The highest BCUT2D eigenvalue weighted by Crippen LogP contribution is 2.31. The Kier molecular flexibility index (Phi) is 4.96. The van der Waals surface area contributed by atoms with Gasteiger partial charge in [-0.1, -0.05) is 45.2 Å². The van der Waals surface area contributed by atoms with Gasteiger partial charge in [0.25, 0.3) is 0 Å². The molecule has 2 aromatic carbocycles. The summed E-state index contributed by atoms with van der Waals surface area (Å²) in [6.45, 7) is 0.667. The van der Waals surface area contributed by atoms with E-state index in [4.69, 9.17) is 23.2 Å². The SMILES string of the molecule is Clc1ccc(Br)c(CNc2cccc(Cl)c2Br)c1. The summed E-state index contributed by atoms with van der Waals surface area (Å²) in [6, 6.07) is 11.4. The fourth-order valence-corrected chi connectivity index (χ4v) is 2.67. The van der Waals surface area contributed by atoms with Crippen LogP contribution in [0.25, 0.3) is 0 Å². The quantitative estimate of drug-likeness (QED) is 0.642. The molecule has 0 fully saturated rings. The van der Waals surface area contributed by atoms with E-state index >= 15 is 0 Å². The summed E-state index contributed by atoms with van der Waals surface area (Å²) in [6.07, 6.45) is 0. The molecule has 1 nitrogen and oxygen atoms in total. The van der Waals surface area contributed by atoms with E-state index in [1.807, 2.05) is 36.4 Å². The van der Waals surface area contributed by atoms with Crippen LogP contribution in [0.4, 0.5) is 5.69 Å². The van der Waals surface area contributed by atoms with Crippen molar-refractivity contribution in [2.75, 3.05) is 5.32 Å². The van der Waals surface area contributed by atoms with Gasteiger partial charge in [0.1, 0.15) is 0 Å². The van der Waals surface area contributed by atoms with Crippen LogP contribution in [0.15, 0.2) is 45.3 Å². The van der Waals surface area contributed by atoms with E-state index in [0.29, 0.717) is 11.6 Å². The molecule has 0 amide bonds. The maximum Gasteiger partial charge on any atom is 0.0593 e. The monoisotopic (exact) mass is 407 g/mol. The van der Waals surface area contributed by atoms with Gasteiger partial charge < -0.3 is 5.32 Å². The zero-order chi connectivity index (χ0) is 13.1. The van der Waals surface area contributed by atoms with Crippen LogP contribution >= 0.6 is 55.1 Å². The second-order valence-electron chi connectivity index (χ2n) is 3.69. The number of benzene rings is 2. The molecule has 94 valence electrons. The van der Waals surface area contributed by atoms with Gasteiger partial charge in [-0.25, -0.2) is 0 Å². The average Bonchev–Trinajstić information content (AvgIpc) is 2.35. The first kappa shape index (κ1) is 14.2. The largest absolute Gasteiger partial charge is 0.380 e. The van der Waals surface area contributed by atoms with E-state index in [1.54, 1.807) is 0 Å². The normalized spacial score (nSPS) is 10.4. The van der Waals surface area contributed by atoms with Crippen LogP contribution in [0.1, 0.15) is 5.56 Å². The molecule has 0 aliphatic heterocycles. The summed E-state index contributed by atoms with van der Waals surface area (Å²) in [7, 11) is 0. The lowest BCUT2D eigenvalue weighted by Crippen LogP contribution is -2.01. The Hall–Kier alpha value is -0.220. The number of nitrogens with one attached hydrogen (secondary N) is 1. The molecule has 0 saturated heterocycles. The first-order valence-corrected chi connectivity index (χ1v) is 7.54. The van der Waals surface area contributed by atoms with Crippen LogP contribution in [0.3, 0.4) is 0 Å². The second kappa shape index (κ2) is 6.29. The van der Waals surface area contributed by atoms with Gasteiger partial charge in [-0.15, -0.1) is 0 Å². The minimum Gasteiger partial charge on any atom is -0.380 e. The van der Waals surface area contributed by atoms with Crippen molar-refractivity contribution < 1.29 is 0 Å². The molecule has 0 saturated carbocycles. The Morgan fingerprint density at radius 3 is 2.61 bits per heavy atom. The van der Waals surface area contributed by atoms with Gasteiger partial charge in [0.15, 0.2) is 0 Å². The van der Waals surface area contributed by atoms with Crippen molar-refractivity contribution in [2.45, 2.75) is 6.54 Å². The summed E-state index contributed by atoms with van der Waals surface area (Å²) in [4.78, 5) is 0. The lowest BCUT2D eigenvalue weighted by atomic mass is 10.2. The van der Waals surface area contributed by atoms with E-state index in [-0.39, 0.29) is 0 Å². The topological polar surface area (TPSA) is 12.0 Å². The number of halogens is 4. The Morgan fingerprint density at radius 1 is 1.06 bits per heavy atom. The van der Waals surface area contributed by atoms with Gasteiger partial charge >= 0.3 is 0 Å². The van der Waals surface area contributed by atoms with Gasteiger partial charge in [0.05, 0.1) is 15.2 Å². The maximum absolute atomic E-state index is 6.03. The van der Waals surface area contributed by atoms with E-state index in [9.17, 15) is 0 Å². The summed E-state index contributed by atoms with van der Waals surface area (Å²) < 4.78 is 1.89. The summed E-state index contributed by atoms with van der Waals surface area (Å²) in [5, 5.41) is 4.73. The molecule has 2 rings (SSSR count). The zero-order valence-electron chi connectivity index (χ0n) is 9.18.